The summed E-state index contributed by atoms with van der Waals surface area (Å²) in [6.45, 7) is 9.02. The number of carbonyl (C=O) groups is 3. The minimum absolute atomic E-state index is 0.000652. The van der Waals surface area contributed by atoms with E-state index in [0.717, 1.165) is 6.42 Å². The van der Waals surface area contributed by atoms with E-state index >= 15 is 0 Å². The van der Waals surface area contributed by atoms with Crippen LogP contribution in [0, 0.1) is 11.8 Å². The fourth-order valence-electron chi connectivity index (χ4n) is 1.86. The third kappa shape index (κ3) is 6.89. The van der Waals surface area contributed by atoms with Crippen molar-refractivity contribution < 1.29 is 19.5 Å². The second kappa shape index (κ2) is 9.40. The maximum Gasteiger partial charge on any atom is 0.325 e. The number of carboxylic acids is 1. The number of carboxylic acid groups (broad SMARTS) is 1. The Morgan fingerprint density at radius 1 is 1.05 bits per heavy atom. The van der Waals surface area contributed by atoms with Crippen LogP contribution < -0.4 is 16.4 Å². The highest BCUT2D eigenvalue weighted by atomic mass is 16.4. The molecule has 2 amide bonds. The van der Waals surface area contributed by atoms with Crippen molar-refractivity contribution >= 4 is 17.8 Å². The van der Waals surface area contributed by atoms with E-state index in [9.17, 15) is 14.4 Å². The van der Waals surface area contributed by atoms with Gasteiger partial charge in [0, 0.05) is 0 Å². The number of nitrogens with two attached hydrogens (primary N) is 1. The van der Waals surface area contributed by atoms with Crippen LogP contribution in [0.3, 0.4) is 0 Å². The fraction of sp³-hybridized carbons (Fsp3) is 0.800. The fourth-order valence-corrected chi connectivity index (χ4v) is 1.86. The third-order valence-electron chi connectivity index (χ3n) is 3.63. The number of hydrogen-bond acceptors (Lipinski definition) is 4. The smallest absolute Gasteiger partial charge is 0.325 e. The highest BCUT2D eigenvalue weighted by Crippen LogP contribution is 2.09. The van der Waals surface area contributed by atoms with Crippen molar-refractivity contribution in [3.05, 3.63) is 0 Å². The molecule has 7 nitrogen and oxygen atoms in total. The zero-order valence-electron chi connectivity index (χ0n) is 14.1. The van der Waals surface area contributed by atoms with Gasteiger partial charge >= 0.3 is 5.97 Å². The average molecular weight is 315 g/mol. The second-order valence-electron chi connectivity index (χ2n) is 6.17. The van der Waals surface area contributed by atoms with Crippen molar-refractivity contribution in [2.75, 3.05) is 0 Å². The summed E-state index contributed by atoms with van der Waals surface area (Å²) in [5.41, 5.74) is 5.86. The number of carbonyl (C=O) groups excluding carboxylic acids is 2. The zero-order valence-corrected chi connectivity index (χ0v) is 14.1. The molecular weight excluding hydrogens is 286 g/mol. The van der Waals surface area contributed by atoms with Gasteiger partial charge in [-0.05, 0) is 25.2 Å². The molecule has 0 aromatic rings. The average Bonchev–Trinajstić information content (AvgIpc) is 2.43. The maximum atomic E-state index is 12.2. The largest absolute Gasteiger partial charge is 0.480 e. The summed E-state index contributed by atoms with van der Waals surface area (Å²) in [5, 5.41) is 13.9. The SMILES string of the molecule is CCC(C)C(N)C(=O)NC(CC(C)C)C(=O)NC(C)C(=O)O. The summed E-state index contributed by atoms with van der Waals surface area (Å²) in [6, 6.07) is -2.49. The first-order chi connectivity index (χ1) is 10.1. The molecule has 0 radical (unpaired) electrons. The van der Waals surface area contributed by atoms with Gasteiger partial charge < -0.3 is 21.5 Å². The molecule has 0 spiro atoms. The molecule has 128 valence electrons. The van der Waals surface area contributed by atoms with Crippen LogP contribution in [0.4, 0.5) is 0 Å². The summed E-state index contributed by atoms with van der Waals surface area (Å²) in [4.78, 5) is 35.1. The molecule has 0 aliphatic heterocycles. The van der Waals surface area contributed by atoms with E-state index in [4.69, 9.17) is 10.8 Å². The molecule has 0 aliphatic carbocycles. The number of rotatable bonds is 9. The third-order valence-corrected chi connectivity index (χ3v) is 3.63. The predicted octanol–water partition coefficient (Wildman–Crippen LogP) is 0.480. The minimum atomic E-state index is -1.13. The van der Waals surface area contributed by atoms with Crippen molar-refractivity contribution in [3.8, 4) is 0 Å². The Balaban J connectivity index is 4.87. The van der Waals surface area contributed by atoms with E-state index in [1.165, 1.54) is 6.92 Å². The van der Waals surface area contributed by atoms with Gasteiger partial charge in [-0.15, -0.1) is 0 Å². The van der Waals surface area contributed by atoms with Crippen LogP contribution in [0.25, 0.3) is 0 Å². The Labute approximate surface area is 132 Å². The molecule has 0 fully saturated rings. The molecule has 4 unspecified atom stereocenters. The molecule has 5 N–H and O–H groups in total. The van der Waals surface area contributed by atoms with Crippen LogP contribution in [0.5, 0.6) is 0 Å². The van der Waals surface area contributed by atoms with E-state index < -0.39 is 35.9 Å². The van der Waals surface area contributed by atoms with Crippen LogP contribution in [0.2, 0.25) is 0 Å². The van der Waals surface area contributed by atoms with Crippen LogP contribution in [-0.4, -0.2) is 41.0 Å². The van der Waals surface area contributed by atoms with Crippen LogP contribution in [0.15, 0.2) is 0 Å². The summed E-state index contributed by atoms with van der Waals surface area (Å²) in [6.07, 6.45) is 1.17. The molecule has 0 saturated carbocycles. The van der Waals surface area contributed by atoms with Gasteiger partial charge in [0.25, 0.3) is 0 Å². The molecule has 4 atom stereocenters. The van der Waals surface area contributed by atoms with Crippen LogP contribution in [0.1, 0.15) is 47.5 Å². The predicted molar refractivity (Wildman–Crippen MR) is 84.1 cm³/mol. The van der Waals surface area contributed by atoms with Gasteiger partial charge in [0.05, 0.1) is 6.04 Å². The van der Waals surface area contributed by atoms with E-state index in [-0.39, 0.29) is 11.8 Å². The number of hydrogen-bond donors (Lipinski definition) is 4. The highest BCUT2D eigenvalue weighted by molar-refractivity contribution is 5.91. The monoisotopic (exact) mass is 315 g/mol. The minimum Gasteiger partial charge on any atom is -0.480 e. The summed E-state index contributed by atoms with van der Waals surface area (Å²) in [7, 11) is 0. The number of nitrogens with one attached hydrogen (secondary N) is 2. The van der Waals surface area contributed by atoms with E-state index in [2.05, 4.69) is 10.6 Å². The first kappa shape index (κ1) is 20.4. The lowest BCUT2D eigenvalue weighted by Crippen LogP contribution is -2.55. The Kier molecular flexibility index (Phi) is 8.70. The molecule has 7 heteroatoms. The van der Waals surface area contributed by atoms with Gasteiger partial charge in [0.15, 0.2) is 0 Å². The first-order valence-corrected chi connectivity index (χ1v) is 7.69. The Morgan fingerprint density at radius 3 is 2.00 bits per heavy atom. The van der Waals surface area contributed by atoms with Gasteiger partial charge in [-0.25, -0.2) is 0 Å². The Bertz CT molecular complexity index is 398. The van der Waals surface area contributed by atoms with Crippen LogP contribution >= 0.6 is 0 Å². The Hall–Kier alpha value is -1.63. The van der Waals surface area contributed by atoms with E-state index in [0.29, 0.717) is 6.42 Å². The standard InChI is InChI=1S/C15H29N3O4/c1-6-9(4)12(16)14(20)18-11(7-8(2)3)13(19)17-10(5)15(21)22/h8-12H,6-7,16H2,1-5H3,(H,17,19)(H,18,20)(H,21,22). The summed E-state index contributed by atoms with van der Waals surface area (Å²) < 4.78 is 0. The second-order valence-corrected chi connectivity index (χ2v) is 6.17. The van der Waals surface area contributed by atoms with Gasteiger partial charge in [-0.3, -0.25) is 14.4 Å². The maximum absolute atomic E-state index is 12.2. The number of aliphatic carboxylic acids is 1. The van der Waals surface area contributed by atoms with Gasteiger partial charge in [0.1, 0.15) is 12.1 Å². The number of amides is 2. The van der Waals surface area contributed by atoms with E-state index in [1.807, 2.05) is 27.7 Å². The highest BCUT2D eigenvalue weighted by Gasteiger charge is 2.28. The normalized spacial score (nSPS) is 16.5. The molecule has 0 aliphatic rings. The van der Waals surface area contributed by atoms with Gasteiger partial charge in [-0.1, -0.05) is 34.1 Å². The van der Waals surface area contributed by atoms with Crippen molar-refractivity contribution in [2.24, 2.45) is 17.6 Å². The lowest BCUT2D eigenvalue weighted by Gasteiger charge is -2.24. The lowest BCUT2D eigenvalue weighted by atomic mass is 9.97. The van der Waals surface area contributed by atoms with E-state index in [1.54, 1.807) is 0 Å². The summed E-state index contributed by atoms with van der Waals surface area (Å²) >= 11 is 0. The molecule has 0 bridgehead atoms. The lowest BCUT2D eigenvalue weighted by molar-refractivity contribution is -0.141. The molecule has 0 aromatic carbocycles. The zero-order chi connectivity index (χ0) is 17.4. The molecule has 22 heavy (non-hydrogen) atoms. The first-order valence-electron chi connectivity index (χ1n) is 7.69. The summed E-state index contributed by atoms with van der Waals surface area (Å²) in [5.74, 6) is -1.86. The molecule has 0 rings (SSSR count). The van der Waals surface area contributed by atoms with Crippen molar-refractivity contribution in [3.63, 3.8) is 0 Å². The molecule has 0 heterocycles. The van der Waals surface area contributed by atoms with Crippen LogP contribution in [-0.2, 0) is 14.4 Å². The topological polar surface area (TPSA) is 122 Å². The van der Waals surface area contributed by atoms with Gasteiger partial charge in [0.2, 0.25) is 11.8 Å². The Morgan fingerprint density at radius 2 is 1.59 bits per heavy atom. The quantitative estimate of drug-likeness (QED) is 0.493. The van der Waals surface area contributed by atoms with Gasteiger partial charge in [-0.2, -0.15) is 0 Å². The molecular formula is C15H29N3O4. The molecule has 0 aromatic heterocycles. The van der Waals surface area contributed by atoms with Crippen molar-refractivity contribution in [1.29, 1.82) is 0 Å². The van der Waals surface area contributed by atoms with Crippen molar-refractivity contribution in [1.82, 2.24) is 10.6 Å². The van der Waals surface area contributed by atoms with Crippen molar-refractivity contribution in [2.45, 2.75) is 65.6 Å². The molecule has 0 saturated heterocycles.